The van der Waals surface area contributed by atoms with Crippen molar-refractivity contribution >= 4 is 21.8 Å². The molecule has 0 saturated carbocycles. The fourth-order valence-electron chi connectivity index (χ4n) is 2.10. The number of hydrogen-bond donors (Lipinski definition) is 1. The quantitative estimate of drug-likeness (QED) is 0.616. The predicted octanol–water partition coefficient (Wildman–Crippen LogP) is 3.70. The number of para-hydroxylation sites is 1. The summed E-state index contributed by atoms with van der Waals surface area (Å²) in [6.45, 7) is 0. The molecule has 96 valence electrons. The number of halogens is 3. The third-order valence-electron chi connectivity index (χ3n) is 3.03. The lowest BCUT2D eigenvalue weighted by molar-refractivity contribution is -0.137. The van der Waals surface area contributed by atoms with Crippen LogP contribution in [0.4, 0.5) is 13.2 Å². The zero-order valence-electron chi connectivity index (χ0n) is 9.58. The van der Waals surface area contributed by atoms with Gasteiger partial charge in [0.1, 0.15) is 0 Å². The van der Waals surface area contributed by atoms with Gasteiger partial charge in [-0.2, -0.15) is 13.2 Å². The molecule has 2 aromatic carbocycles. The van der Waals surface area contributed by atoms with Crippen molar-refractivity contribution in [3.8, 4) is 0 Å². The number of nitrogens with one attached hydrogen (secondary N) is 1. The fourth-order valence-corrected chi connectivity index (χ4v) is 2.10. The van der Waals surface area contributed by atoms with E-state index in [0.29, 0.717) is 16.4 Å². The first-order chi connectivity index (χ1) is 8.97. The van der Waals surface area contributed by atoms with Gasteiger partial charge in [-0.05, 0) is 30.3 Å². The Morgan fingerprint density at radius 2 is 1.58 bits per heavy atom. The first kappa shape index (κ1) is 11.8. The summed E-state index contributed by atoms with van der Waals surface area (Å²) in [5.74, 6) is 0. The Hall–Kier alpha value is -2.30. The summed E-state index contributed by atoms with van der Waals surface area (Å²) in [6.07, 6.45) is -4.45. The molecule has 5 heteroatoms. The summed E-state index contributed by atoms with van der Waals surface area (Å²) in [4.78, 5) is 15.1. The van der Waals surface area contributed by atoms with E-state index in [9.17, 15) is 18.0 Å². The van der Waals surface area contributed by atoms with Gasteiger partial charge in [0.15, 0.2) is 5.43 Å². The molecule has 0 bridgehead atoms. The van der Waals surface area contributed by atoms with E-state index in [1.54, 1.807) is 24.3 Å². The molecule has 0 radical (unpaired) electrons. The number of benzene rings is 2. The van der Waals surface area contributed by atoms with Crippen LogP contribution >= 0.6 is 0 Å². The van der Waals surface area contributed by atoms with Crippen LogP contribution in [0.3, 0.4) is 0 Å². The molecule has 0 atom stereocenters. The van der Waals surface area contributed by atoms with Gasteiger partial charge in [-0.15, -0.1) is 0 Å². The molecule has 0 unspecified atom stereocenters. The minimum atomic E-state index is -4.45. The summed E-state index contributed by atoms with van der Waals surface area (Å²) in [5.41, 5.74) is -0.201. The van der Waals surface area contributed by atoms with Crippen molar-refractivity contribution in [2.45, 2.75) is 6.18 Å². The Balaban J connectivity index is 2.43. The van der Waals surface area contributed by atoms with E-state index in [-0.39, 0.29) is 5.39 Å². The van der Waals surface area contributed by atoms with Crippen molar-refractivity contribution in [3.63, 3.8) is 0 Å². The lowest BCUT2D eigenvalue weighted by Crippen LogP contribution is -2.08. The monoisotopic (exact) mass is 263 g/mol. The van der Waals surface area contributed by atoms with Gasteiger partial charge < -0.3 is 4.98 Å². The van der Waals surface area contributed by atoms with Crippen LogP contribution in [0.25, 0.3) is 21.8 Å². The van der Waals surface area contributed by atoms with Crippen LogP contribution in [0.1, 0.15) is 5.56 Å². The van der Waals surface area contributed by atoms with Crippen molar-refractivity contribution < 1.29 is 13.2 Å². The second-order valence-corrected chi connectivity index (χ2v) is 4.26. The smallest absolute Gasteiger partial charge is 0.354 e. The Labute approximate surface area is 105 Å². The van der Waals surface area contributed by atoms with Gasteiger partial charge in [0, 0.05) is 21.8 Å². The highest BCUT2D eigenvalue weighted by atomic mass is 19.4. The number of rotatable bonds is 0. The van der Waals surface area contributed by atoms with Crippen LogP contribution in [-0.4, -0.2) is 4.98 Å². The van der Waals surface area contributed by atoms with E-state index in [0.717, 1.165) is 12.1 Å². The first-order valence-electron chi connectivity index (χ1n) is 5.59. The summed E-state index contributed by atoms with van der Waals surface area (Å²) < 4.78 is 37.9. The standard InChI is InChI=1S/C14H8F3NO/c15-14(16,17)8-5-6-12-10(7-8)13(19)9-3-1-2-4-11(9)18-12/h1-7H,(H,18,19). The normalized spacial score (nSPS) is 12.2. The van der Waals surface area contributed by atoms with Gasteiger partial charge in [-0.1, -0.05) is 12.1 Å². The van der Waals surface area contributed by atoms with E-state index in [1.807, 2.05) is 0 Å². The minimum Gasteiger partial charge on any atom is -0.354 e. The number of fused-ring (bicyclic) bond motifs is 2. The predicted molar refractivity (Wildman–Crippen MR) is 67.1 cm³/mol. The van der Waals surface area contributed by atoms with Gasteiger partial charge in [-0.3, -0.25) is 4.79 Å². The first-order valence-corrected chi connectivity index (χ1v) is 5.59. The third-order valence-corrected chi connectivity index (χ3v) is 3.03. The maximum Gasteiger partial charge on any atom is 0.416 e. The van der Waals surface area contributed by atoms with Gasteiger partial charge in [0.2, 0.25) is 0 Å². The molecule has 0 amide bonds. The molecule has 2 nitrogen and oxygen atoms in total. The highest BCUT2D eigenvalue weighted by molar-refractivity contribution is 5.92. The second-order valence-electron chi connectivity index (χ2n) is 4.26. The number of aromatic nitrogens is 1. The molecule has 1 aromatic heterocycles. The third kappa shape index (κ3) is 1.87. The van der Waals surface area contributed by atoms with Crippen molar-refractivity contribution in [3.05, 3.63) is 58.3 Å². The van der Waals surface area contributed by atoms with Gasteiger partial charge in [-0.25, -0.2) is 0 Å². The van der Waals surface area contributed by atoms with E-state index < -0.39 is 17.2 Å². The van der Waals surface area contributed by atoms with E-state index in [2.05, 4.69) is 4.98 Å². The molecular weight excluding hydrogens is 255 g/mol. The molecule has 1 heterocycles. The summed E-state index contributed by atoms with van der Waals surface area (Å²) >= 11 is 0. The SMILES string of the molecule is O=c1c2ccccc2[nH]c2ccc(C(F)(F)F)cc12. The number of pyridine rings is 1. The molecule has 0 aliphatic rings. The Morgan fingerprint density at radius 1 is 0.895 bits per heavy atom. The summed E-state index contributed by atoms with van der Waals surface area (Å²) in [5, 5.41) is 0.433. The zero-order chi connectivity index (χ0) is 13.6. The molecule has 0 aliphatic carbocycles. The van der Waals surface area contributed by atoms with Gasteiger partial charge in [0.25, 0.3) is 0 Å². The fraction of sp³-hybridized carbons (Fsp3) is 0.0714. The average molecular weight is 263 g/mol. The molecular formula is C14H8F3NO. The number of hydrogen-bond acceptors (Lipinski definition) is 1. The Morgan fingerprint density at radius 3 is 2.32 bits per heavy atom. The van der Waals surface area contributed by atoms with Crippen LogP contribution in [0, 0.1) is 0 Å². The van der Waals surface area contributed by atoms with Crippen molar-refractivity contribution in [2.75, 3.05) is 0 Å². The van der Waals surface area contributed by atoms with Gasteiger partial charge >= 0.3 is 6.18 Å². The molecule has 0 saturated heterocycles. The summed E-state index contributed by atoms with van der Waals surface area (Å²) in [6, 6.07) is 9.88. The number of alkyl halides is 3. The lowest BCUT2D eigenvalue weighted by Gasteiger charge is -2.08. The highest BCUT2D eigenvalue weighted by Crippen LogP contribution is 2.30. The van der Waals surface area contributed by atoms with Crippen molar-refractivity contribution in [1.29, 1.82) is 0 Å². The Bertz CT molecular complexity index is 833. The van der Waals surface area contributed by atoms with Crippen LogP contribution in [0.5, 0.6) is 0 Å². The van der Waals surface area contributed by atoms with E-state index in [1.165, 1.54) is 6.07 Å². The molecule has 0 aliphatic heterocycles. The van der Waals surface area contributed by atoms with E-state index in [4.69, 9.17) is 0 Å². The lowest BCUT2D eigenvalue weighted by atomic mass is 10.1. The van der Waals surface area contributed by atoms with Crippen LogP contribution < -0.4 is 5.43 Å². The molecule has 1 N–H and O–H groups in total. The van der Waals surface area contributed by atoms with Crippen molar-refractivity contribution in [1.82, 2.24) is 4.98 Å². The molecule has 0 fully saturated rings. The summed E-state index contributed by atoms with van der Waals surface area (Å²) in [7, 11) is 0. The zero-order valence-corrected chi connectivity index (χ0v) is 9.58. The highest BCUT2D eigenvalue weighted by Gasteiger charge is 2.30. The van der Waals surface area contributed by atoms with Crippen molar-refractivity contribution in [2.24, 2.45) is 0 Å². The molecule has 19 heavy (non-hydrogen) atoms. The second kappa shape index (κ2) is 3.85. The molecule has 3 rings (SSSR count). The minimum absolute atomic E-state index is 0.0496. The maximum absolute atomic E-state index is 12.6. The van der Waals surface area contributed by atoms with Crippen LogP contribution in [0.15, 0.2) is 47.3 Å². The molecule has 3 aromatic rings. The van der Waals surface area contributed by atoms with Gasteiger partial charge in [0.05, 0.1) is 5.56 Å². The van der Waals surface area contributed by atoms with E-state index >= 15 is 0 Å². The topological polar surface area (TPSA) is 32.9 Å². The van der Waals surface area contributed by atoms with Crippen LogP contribution in [0.2, 0.25) is 0 Å². The maximum atomic E-state index is 12.6. The Kier molecular flexibility index (Phi) is 2.38. The van der Waals surface area contributed by atoms with Crippen LogP contribution in [-0.2, 0) is 6.18 Å². The number of H-pyrrole nitrogens is 1. The average Bonchev–Trinajstić information content (AvgIpc) is 2.37. The number of aromatic amines is 1. The molecule has 0 spiro atoms. The largest absolute Gasteiger partial charge is 0.416 e.